The van der Waals surface area contributed by atoms with Crippen molar-refractivity contribution in [2.75, 3.05) is 32.2 Å². The summed E-state index contributed by atoms with van der Waals surface area (Å²) in [6, 6.07) is 17.3. The van der Waals surface area contributed by atoms with Crippen LogP contribution in [-0.2, 0) is 22.2 Å². The number of benzene rings is 3. The molecule has 2 amide bonds. The predicted molar refractivity (Wildman–Crippen MR) is 140 cm³/mol. The van der Waals surface area contributed by atoms with Crippen molar-refractivity contribution in [3.05, 3.63) is 88.3 Å². The van der Waals surface area contributed by atoms with E-state index in [0.717, 1.165) is 22.6 Å². The first kappa shape index (κ1) is 27.1. The van der Waals surface area contributed by atoms with Gasteiger partial charge in [0.2, 0.25) is 5.91 Å². The smallest absolute Gasteiger partial charge is 0.416 e. The molecule has 4 rings (SSSR count). The zero-order valence-corrected chi connectivity index (χ0v) is 21.5. The van der Waals surface area contributed by atoms with Crippen LogP contribution in [0.25, 0.3) is 6.08 Å². The number of alkyl halides is 3. The molecular weight excluding hydrogens is 517 g/mol. The molecule has 0 spiro atoms. The van der Waals surface area contributed by atoms with E-state index in [1.807, 2.05) is 24.3 Å². The number of hydrogen-bond donors (Lipinski definition) is 1. The van der Waals surface area contributed by atoms with Gasteiger partial charge in [-0.05, 0) is 60.0 Å². The van der Waals surface area contributed by atoms with E-state index < -0.39 is 17.6 Å². The molecule has 10 heteroatoms. The lowest BCUT2D eigenvalue weighted by molar-refractivity contribution is -0.137. The van der Waals surface area contributed by atoms with E-state index in [1.165, 1.54) is 34.9 Å². The number of amides is 2. The standard InChI is InChI=1S/C28H25F3N2O4S/c1-36-22-12-9-19(15-23(22)37-2)13-14-32-26(34)17-33-21-5-3-4-6-24(21)38-25(27(33)35)16-18-7-10-20(11-8-18)28(29,30)31/h3-12,15-16H,13-14,17H2,1-2H3,(H,32,34). The number of nitrogens with one attached hydrogen (secondary N) is 1. The minimum atomic E-state index is -4.44. The lowest BCUT2D eigenvalue weighted by Gasteiger charge is -2.29. The van der Waals surface area contributed by atoms with Crippen molar-refractivity contribution in [2.24, 2.45) is 0 Å². The number of anilines is 1. The summed E-state index contributed by atoms with van der Waals surface area (Å²) in [5.41, 5.74) is 1.23. The Bertz CT molecular complexity index is 1360. The fraction of sp³-hybridized carbons (Fsp3) is 0.214. The first-order chi connectivity index (χ1) is 18.2. The molecule has 6 nitrogen and oxygen atoms in total. The van der Waals surface area contributed by atoms with Gasteiger partial charge in [0, 0.05) is 11.4 Å². The van der Waals surface area contributed by atoms with Crippen LogP contribution in [0.15, 0.2) is 76.5 Å². The molecule has 0 radical (unpaired) electrons. The number of rotatable bonds is 8. The molecule has 1 aliphatic rings. The van der Waals surface area contributed by atoms with Gasteiger partial charge in [0.25, 0.3) is 5.91 Å². The molecular formula is C28H25F3N2O4S. The maximum Gasteiger partial charge on any atom is 0.416 e. The number of carbonyl (C=O) groups excluding carboxylic acids is 2. The summed E-state index contributed by atoms with van der Waals surface area (Å²) in [6.07, 6.45) is -2.36. The van der Waals surface area contributed by atoms with Gasteiger partial charge < -0.3 is 14.8 Å². The molecule has 0 saturated carbocycles. The van der Waals surface area contributed by atoms with Crippen LogP contribution in [0.4, 0.5) is 18.9 Å². The van der Waals surface area contributed by atoms with Crippen LogP contribution >= 0.6 is 11.8 Å². The number of carbonyl (C=O) groups is 2. The minimum absolute atomic E-state index is 0.202. The van der Waals surface area contributed by atoms with Crippen molar-refractivity contribution in [2.45, 2.75) is 17.5 Å². The van der Waals surface area contributed by atoms with Crippen molar-refractivity contribution < 1.29 is 32.2 Å². The molecule has 0 saturated heterocycles. The number of nitrogens with zero attached hydrogens (tertiary/aromatic N) is 1. The van der Waals surface area contributed by atoms with Gasteiger partial charge in [-0.25, -0.2) is 0 Å². The average molecular weight is 543 g/mol. The molecule has 1 N–H and O–H groups in total. The number of thioether (sulfide) groups is 1. The van der Waals surface area contributed by atoms with E-state index in [0.29, 0.717) is 40.6 Å². The number of halogens is 3. The lowest BCUT2D eigenvalue weighted by Crippen LogP contribution is -2.43. The van der Waals surface area contributed by atoms with Gasteiger partial charge in [-0.15, -0.1) is 0 Å². The lowest BCUT2D eigenvalue weighted by atomic mass is 10.1. The first-order valence-corrected chi connectivity index (χ1v) is 12.5. The molecule has 0 atom stereocenters. The quantitative estimate of drug-likeness (QED) is 0.378. The maximum absolute atomic E-state index is 13.3. The molecule has 38 heavy (non-hydrogen) atoms. The van der Waals surface area contributed by atoms with Crippen LogP contribution in [-0.4, -0.2) is 39.1 Å². The third-order valence-corrected chi connectivity index (χ3v) is 6.93. The van der Waals surface area contributed by atoms with E-state index in [2.05, 4.69) is 5.32 Å². The van der Waals surface area contributed by atoms with E-state index >= 15 is 0 Å². The fourth-order valence-corrected chi connectivity index (χ4v) is 4.98. The number of ether oxygens (including phenoxy) is 2. The molecule has 0 fully saturated rings. The Hall–Kier alpha value is -3.92. The zero-order valence-electron chi connectivity index (χ0n) is 20.7. The Morgan fingerprint density at radius 1 is 1.00 bits per heavy atom. The van der Waals surface area contributed by atoms with Gasteiger partial charge in [-0.2, -0.15) is 13.2 Å². The number of methoxy groups -OCH3 is 2. The molecule has 198 valence electrons. The van der Waals surface area contributed by atoms with Crippen LogP contribution in [0.5, 0.6) is 11.5 Å². The minimum Gasteiger partial charge on any atom is -0.493 e. The van der Waals surface area contributed by atoms with Crippen molar-refractivity contribution in [3.63, 3.8) is 0 Å². The number of para-hydroxylation sites is 1. The molecule has 3 aromatic carbocycles. The van der Waals surface area contributed by atoms with E-state index in [4.69, 9.17) is 9.47 Å². The highest BCUT2D eigenvalue weighted by molar-refractivity contribution is 8.04. The summed E-state index contributed by atoms with van der Waals surface area (Å²) in [5, 5.41) is 2.84. The van der Waals surface area contributed by atoms with E-state index in [9.17, 15) is 22.8 Å². The van der Waals surface area contributed by atoms with Gasteiger partial charge in [0.1, 0.15) is 6.54 Å². The van der Waals surface area contributed by atoms with Crippen LogP contribution in [0, 0.1) is 0 Å². The Kier molecular flexibility index (Phi) is 8.31. The second kappa shape index (κ2) is 11.6. The molecule has 0 aromatic heterocycles. The largest absolute Gasteiger partial charge is 0.493 e. The van der Waals surface area contributed by atoms with Gasteiger partial charge in [0.15, 0.2) is 11.5 Å². The van der Waals surface area contributed by atoms with Crippen LogP contribution in [0.3, 0.4) is 0 Å². The van der Waals surface area contributed by atoms with Crippen molar-refractivity contribution in [3.8, 4) is 11.5 Å². The summed E-state index contributed by atoms with van der Waals surface area (Å²) in [5.74, 6) is 0.468. The van der Waals surface area contributed by atoms with Crippen LogP contribution in [0.1, 0.15) is 16.7 Å². The zero-order chi connectivity index (χ0) is 27.3. The molecule has 0 bridgehead atoms. The van der Waals surface area contributed by atoms with Crippen molar-refractivity contribution in [1.82, 2.24) is 5.32 Å². The van der Waals surface area contributed by atoms with Crippen LogP contribution < -0.4 is 19.7 Å². The highest BCUT2D eigenvalue weighted by Crippen LogP contribution is 2.42. The molecule has 0 unspecified atom stereocenters. The Labute approximate surface area is 222 Å². The van der Waals surface area contributed by atoms with Crippen LogP contribution in [0.2, 0.25) is 0 Å². The van der Waals surface area contributed by atoms with Crippen molar-refractivity contribution in [1.29, 1.82) is 0 Å². The van der Waals surface area contributed by atoms with Gasteiger partial charge in [0.05, 0.1) is 30.4 Å². The third-order valence-electron chi connectivity index (χ3n) is 5.85. The van der Waals surface area contributed by atoms with E-state index in [-0.39, 0.29) is 12.5 Å². The van der Waals surface area contributed by atoms with Gasteiger partial charge >= 0.3 is 6.18 Å². The fourth-order valence-electron chi connectivity index (χ4n) is 3.92. The van der Waals surface area contributed by atoms with Gasteiger partial charge in [-0.1, -0.05) is 42.1 Å². The average Bonchev–Trinajstić information content (AvgIpc) is 2.90. The van der Waals surface area contributed by atoms with Crippen molar-refractivity contribution >= 4 is 35.3 Å². The maximum atomic E-state index is 13.3. The highest BCUT2D eigenvalue weighted by Gasteiger charge is 2.31. The molecule has 1 heterocycles. The third kappa shape index (κ3) is 6.31. The summed E-state index contributed by atoms with van der Waals surface area (Å²) < 4.78 is 49.2. The highest BCUT2D eigenvalue weighted by atomic mass is 32.2. The first-order valence-electron chi connectivity index (χ1n) is 11.6. The normalized spacial score (nSPS) is 14.3. The second-order valence-electron chi connectivity index (χ2n) is 8.38. The Morgan fingerprint density at radius 3 is 2.39 bits per heavy atom. The summed E-state index contributed by atoms with van der Waals surface area (Å²) >= 11 is 1.22. The predicted octanol–water partition coefficient (Wildman–Crippen LogP) is 5.56. The molecule has 1 aliphatic heterocycles. The van der Waals surface area contributed by atoms with Gasteiger partial charge in [-0.3, -0.25) is 14.5 Å². The number of fused-ring (bicyclic) bond motifs is 1. The topological polar surface area (TPSA) is 67.9 Å². The summed E-state index contributed by atoms with van der Waals surface area (Å²) in [6.45, 7) is 0.147. The monoisotopic (exact) mass is 542 g/mol. The summed E-state index contributed by atoms with van der Waals surface area (Å²) in [7, 11) is 3.11. The molecule has 0 aliphatic carbocycles. The Morgan fingerprint density at radius 2 is 1.71 bits per heavy atom. The molecule has 3 aromatic rings. The number of hydrogen-bond acceptors (Lipinski definition) is 5. The van der Waals surface area contributed by atoms with E-state index in [1.54, 1.807) is 32.4 Å². The summed E-state index contributed by atoms with van der Waals surface area (Å²) in [4.78, 5) is 28.6. The second-order valence-corrected chi connectivity index (χ2v) is 9.46. The SMILES string of the molecule is COc1ccc(CCNC(=O)CN2C(=O)C(=Cc3ccc(C(F)(F)F)cc3)Sc3ccccc32)cc1OC. The Balaban J connectivity index is 1.46.